The van der Waals surface area contributed by atoms with Crippen molar-refractivity contribution in [2.75, 3.05) is 19.6 Å². The van der Waals surface area contributed by atoms with Crippen LogP contribution in [-0.4, -0.2) is 35.6 Å². The lowest BCUT2D eigenvalue weighted by atomic mass is 10.2. The number of carboxylic acid groups (broad SMARTS) is 1. The van der Waals surface area contributed by atoms with Crippen LogP contribution in [0.1, 0.15) is 33.1 Å². The minimum Gasteiger partial charge on any atom is -0.480 e. The van der Waals surface area contributed by atoms with E-state index >= 15 is 0 Å². The average molecular weight is 199 g/mol. The summed E-state index contributed by atoms with van der Waals surface area (Å²) in [6.07, 6.45) is 3.88. The van der Waals surface area contributed by atoms with E-state index in [9.17, 15) is 4.79 Å². The minimum absolute atomic E-state index is 0.199. The van der Waals surface area contributed by atoms with Crippen LogP contribution in [0.25, 0.3) is 0 Å². The molecule has 0 bridgehead atoms. The fourth-order valence-corrected chi connectivity index (χ4v) is 1.71. The third-order valence-electron chi connectivity index (χ3n) is 2.53. The van der Waals surface area contributed by atoms with Gasteiger partial charge in [0.05, 0.1) is 6.54 Å². The van der Waals surface area contributed by atoms with Gasteiger partial charge < -0.3 is 5.11 Å². The van der Waals surface area contributed by atoms with Crippen LogP contribution >= 0.6 is 0 Å². The highest BCUT2D eigenvalue weighted by atomic mass is 16.4. The first-order chi connectivity index (χ1) is 6.58. The number of hydrogen-bond acceptors (Lipinski definition) is 2. The summed E-state index contributed by atoms with van der Waals surface area (Å²) in [7, 11) is 0. The van der Waals surface area contributed by atoms with Gasteiger partial charge in [0.2, 0.25) is 0 Å². The van der Waals surface area contributed by atoms with Crippen molar-refractivity contribution in [1.82, 2.24) is 4.90 Å². The molecular formula is C11H21NO2. The van der Waals surface area contributed by atoms with Gasteiger partial charge in [-0.25, -0.2) is 0 Å². The molecule has 0 atom stereocenters. The molecule has 3 nitrogen and oxygen atoms in total. The molecule has 0 aromatic carbocycles. The molecule has 0 aromatic rings. The van der Waals surface area contributed by atoms with E-state index in [4.69, 9.17) is 5.11 Å². The van der Waals surface area contributed by atoms with Gasteiger partial charge in [-0.15, -0.1) is 0 Å². The SMILES string of the molecule is CC(C)CN(CCC1CC1)CC(=O)O. The molecule has 0 saturated heterocycles. The van der Waals surface area contributed by atoms with Crippen LogP contribution in [0, 0.1) is 11.8 Å². The predicted octanol–water partition coefficient (Wildman–Crippen LogP) is 1.83. The van der Waals surface area contributed by atoms with Gasteiger partial charge in [0, 0.05) is 6.54 Å². The normalized spacial score (nSPS) is 16.6. The second-order valence-corrected chi connectivity index (χ2v) is 4.75. The fourth-order valence-electron chi connectivity index (χ4n) is 1.71. The van der Waals surface area contributed by atoms with Crippen LogP contribution < -0.4 is 0 Å². The Kier molecular flexibility index (Phi) is 4.39. The Morgan fingerprint density at radius 3 is 2.57 bits per heavy atom. The summed E-state index contributed by atoms with van der Waals surface area (Å²) >= 11 is 0. The molecule has 0 aliphatic heterocycles. The van der Waals surface area contributed by atoms with Gasteiger partial charge in [-0.05, 0) is 24.8 Å². The lowest BCUT2D eigenvalue weighted by molar-refractivity contribution is -0.138. The first kappa shape index (κ1) is 11.5. The van der Waals surface area contributed by atoms with Crippen molar-refractivity contribution in [2.24, 2.45) is 11.8 Å². The molecule has 1 rings (SSSR count). The van der Waals surface area contributed by atoms with E-state index in [1.165, 1.54) is 19.3 Å². The average Bonchev–Trinajstić information content (AvgIpc) is 2.80. The minimum atomic E-state index is -0.707. The summed E-state index contributed by atoms with van der Waals surface area (Å²) in [4.78, 5) is 12.7. The third kappa shape index (κ3) is 5.22. The first-order valence-corrected chi connectivity index (χ1v) is 5.52. The van der Waals surface area contributed by atoms with E-state index in [1.54, 1.807) is 0 Å². The predicted molar refractivity (Wildman–Crippen MR) is 56.3 cm³/mol. The number of carbonyl (C=O) groups is 1. The van der Waals surface area contributed by atoms with Crippen LogP contribution in [0.4, 0.5) is 0 Å². The quantitative estimate of drug-likeness (QED) is 0.680. The monoisotopic (exact) mass is 199 g/mol. The molecule has 0 aromatic heterocycles. The highest BCUT2D eigenvalue weighted by Crippen LogP contribution is 2.32. The molecule has 0 spiro atoms. The van der Waals surface area contributed by atoms with Gasteiger partial charge in [-0.3, -0.25) is 9.69 Å². The second-order valence-electron chi connectivity index (χ2n) is 4.75. The van der Waals surface area contributed by atoms with E-state index in [0.29, 0.717) is 5.92 Å². The van der Waals surface area contributed by atoms with E-state index < -0.39 is 5.97 Å². The maximum Gasteiger partial charge on any atom is 0.317 e. The number of aliphatic carboxylic acids is 1. The van der Waals surface area contributed by atoms with E-state index in [-0.39, 0.29) is 6.54 Å². The van der Waals surface area contributed by atoms with E-state index in [0.717, 1.165) is 19.0 Å². The summed E-state index contributed by atoms with van der Waals surface area (Å²) < 4.78 is 0. The molecule has 1 aliphatic rings. The number of nitrogens with zero attached hydrogens (tertiary/aromatic N) is 1. The lowest BCUT2D eigenvalue weighted by Gasteiger charge is -2.22. The zero-order valence-corrected chi connectivity index (χ0v) is 9.20. The topological polar surface area (TPSA) is 40.5 Å². The molecule has 0 radical (unpaired) electrons. The van der Waals surface area contributed by atoms with Crippen molar-refractivity contribution >= 4 is 5.97 Å². The third-order valence-corrected chi connectivity index (χ3v) is 2.53. The van der Waals surface area contributed by atoms with E-state index in [2.05, 4.69) is 18.7 Å². The molecule has 1 saturated carbocycles. The largest absolute Gasteiger partial charge is 0.480 e. The molecule has 14 heavy (non-hydrogen) atoms. The zero-order chi connectivity index (χ0) is 10.6. The van der Waals surface area contributed by atoms with E-state index in [1.807, 2.05) is 0 Å². The molecule has 3 heteroatoms. The van der Waals surface area contributed by atoms with Crippen molar-refractivity contribution < 1.29 is 9.90 Å². The van der Waals surface area contributed by atoms with Crippen molar-refractivity contribution in [2.45, 2.75) is 33.1 Å². The van der Waals surface area contributed by atoms with Crippen LogP contribution in [-0.2, 0) is 4.79 Å². The Morgan fingerprint density at radius 1 is 1.50 bits per heavy atom. The molecule has 82 valence electrons. The van der Waals surface area contributed by atoms with Gasteiger partial charge in [0.25, 0.3) is 0 Å². The smallest absolute Gasteiger partial charge is 0.317 e. The first-order valence-electron chi connectivity index (χ1n) is 5.52. The Hall–Kier alpha value is -0.570. The van der Waals surface area contributed by atoms with Crippen molar-refractivity contribution in [3.63, 3.8) is 0 Å². The van der Waals surface area contributed by atoms with Gasteiger partial charge in [-0.2, -0.15) is 0 Å². The summed E-state index contributed by atoms with van der Waals surface area (Å²) in [5, 5.41) is 8.74. The fraction of sp³-hybridized carbons (Fsp3) is 0.909. The zero-order valence-electron chi connectivity index (χ0n) is 9.20. The summed E-state index contributed by atoms with van der Waals surface area (Å²) in [5.41, 5.74) is 0. The second kappa shape index (κ2) is 5.35. The maximum absolute atomic E-state index is 10.6. The number of carboxylic acids is 1. The lowest BCUT2D eigenvalue weighted by Crippen LogP contribution is -2.34. The van der Waals surface area contributed by atoms with Gasteiger partial charge in [0.1, 0.15) is 0 Å². The van der Waals surface area contributed by atoms with Crippen LogP contribution in [0.15, 0.2) is 0 Å². The highest BCUT2D eigenvalue weighted by Gasteiger charge is 2.22. The standard InChI is InChI=1S/C11H21NO2/c1-9(2)7-12(8-11(13)14)6-5-10-3-4-10/h9-10H,3-8H2,1-2H3,(H,13,14). The van der Waals surface area contributed by atoms with Crippen LogP contribution in [0.2, 0.25) is 0 Å². The van der Waals surface area contributed by atoms with Crippen molar-refractivity contribution in [3.8, 4) is 0 Å². The van der Waals surface area contributed by atoms with Gasteiger partial charge >= 0.3 is 5.97 Å². The summed E-state index contributed by atoms with van der Waals surface area (Å²) in [6.45, 7) is 6.32. The Labute approximate surface area is 86.1 Å². The Morgan fingerprint density at radius 2 is 2.14 bits per heavy atom. The van der Waals surface area contributed by atoms with Gasteiger partial charge in [0.15, 0.2) is 0 Å². The summed E-state index contributed by atoms with van der Waals surface area (Å²) in [5.74, 6) is 0.730. The van der Waals surface area contributed by atoms with Crippen molar-refractivity contribution in [1.29, 1.82) is 0 Å². The van der Waals surface area contributed by atoms with Crippen molar-refractivity contribution in [3.05, 3.63) is 0 Å². The Bertz CT molecular complexity index is 188. The number of rotatable bonds is 7. The molecular weight excluding hydrogens is 178 g/mol. The molecule has 0 unspecified atom stereocenters. The molecule has 1 aliphatic carbocycles. The molecule has 1 N–H and O–H groups in total. The summed E-state index contributed by atoms with van der Waals surface area (Å²) in [6, 6.07) is 0. The maximum atomic E-state index is 10.6. The highest BCUT2D eigenvalue weighted by molar-refractivity contribution is 5.69. The Balaban J connectivity index is 2.22. The van der Waals surface area contributed by atoms with Crippen LogP contribution in [0.5, 0.6) is 0 Å². The number of hydrogen-bond donors (Lipinski definition) is 1. The molecule has 1 fully saturated rings. The van der Waals surface area contributed by atoms with Gasteiger partial charge in [-0.1, -0.05) is 26.7 Å². The molecule has 0 amide bonds. The molecule has 0 heterocycles. The van der Waals surface area contributed by atoms with Crippen LogP contribution in [0.3, 0.4) is 0 Å².